The highest BCUT2D eigenvalue weighted by Crippen LogP contribution is 2.31. The highest BCUT2D eigenvalue weighted by molar-refractivity contribution is 6.29. The molecule has 0 aliphatic heterocycles. The third kappa shape index (κ3) is 4.90. The number of aromatic nitrogens is 5. The molecule has 0 fully saturated rings. The van der Waals surface area contributed by atoms with Crippen molar-refractivity contribution in [2.24, 2.45) is 7.05 Å². The molecule has 0 atom stereocenters. The van der Waals surface area contributed by atoms with E-state index in [4.69, 9.17) is 26.8 Å². The Morgan fingerprint density at radius 3 is 2.78 bits per heavy atom. The third-order valence-corrected chi connectivity index (χ3v) is 5.16. The first-order chi connectivity index (χ1) is 15.5. The molecule has 0 saturated carbocycles. The Morgan fingerprint density at radius 1 is 1.09 bits per heavy atom. The summed E-state index contributed by atoms with van der Waals surface area (Å²) in [5, 5.41) is 10.0. The maximum absolute atomic E-state index is 5.93. The summed E-state index contributed by atoms with van der Waals surface area (Å²) >= 11 is 5.84. The van der Waals surface area contributed by atoms with E-state index in [1.807, 2.05) is 30.9 Å². The van der Waals surface area contributed by atoms with E-state index in [2.05, 4.69) is 25.4 Å². The molecule has 4 aromatic heterocycles. The molecule has 0 unspecified atom stereocenters. The number of nitrogens with zero attached hydrogens (tertiary/aromatic N) is 5. The second-order valence-corrected chi connectivity index (χ2v) is 7.47. The van der Waals surface area contributed by atoms with Crippen LogP contribution in [0.3, 0.4) is 0 Å². The zero-order valence-corrected chi connectivity index (χ0v) is 18.6. The zero-order chi connectivity index (χ0) is 22.5. The number of nitrogens with two attached hydrogens (primary N) is 1. The quantitative estimate of drug-likeness (QED) is 0.293. The number of nitrogen functional groups attached to an aromatic ring is 1. The van der Waals surface area contributed by atoms with Crippen molar-refractivity contribution in [2.75, 3.05) is 37.9 Å². The Bertz CT molecular complexity index is 1230. The van der Waals surface area contributed by atoms with Gasteiger partial charge in [-0.1, -0.05) is 17.7 Å². The van der Waals surface area contributed by atoms with Crippen LogP contribution in [0.5, 0.6) is 5.88 Å². The molecule has 0 aromatic carbocycles. The van der Waals surface area contributed by atoms with Gasteiger partial charge in [-0.05, 0) is 18.2 Å². The van der Waals surface area contributed by atoms with Crippen LogP contribution in [-0.2, 0) is 18.2 Å². The van der Waals surface area contributed by atoms with Crippen LogP contribution in [0.25, 0.3) is 22.0 Å². The van der Waals surface area contributed by atoms with Crippen molar-refractivity contribution >= 4 is 34.0 Å². The van der Waals surface area contributed by atoms with Crippen LogP contribution in [-0.4, -0.2) is 51.6 Å². The van der Waals surface area contributed by atoms with Crippen molar-refractivity contribution in [1.82, 2.24) is 24.7 Å². The van der Waals surface area contributed by atoms with Crippen LogP contribution in [0.1, 0.15) is 5.69 Å². The van der Waals surface area contributed by atoms with E-state index in [1.54, 1.807) is 30.6 Å². The van der Waals surface area contributed by atoms with E-state index >= 15 is 0 Å². The standard InChI is InChI=1S/C22H24ClN7O2/c1-25-22-17-13-26-20(24)11-15(17)16(12-27-22)18-10-14(30(2)29-18)6-7-31-8-9-32-21-5-3-4-19(23)28-21/h3-5,10-13H,6-9H2,1-2H3,(H2,24,26)(H,25,27). The minimum absolute atomic E-state index is 0.398. The van der Waals surface area contributed by atoms with Gasteiger partial charge in [0, 0.05) is 61.0 Å². The van der Waals surface area contributed by atoms with E-state index in [0.29, 0.717) is 43.1 Å². The fourth-order valence-electron chi connectivity index (χ4n) is 3.38. The second-order valence-electron chi connectivity index (χ2n) is 7.08. The molecule has 0 bridgehead atoms. The van der Waals surface area contributed by atoms with E-state index in [9.17, 15) is 0 Å². The fourth-order valence-corrected chi connectivity index (χ4v) is 3.54. The van der Waals surface area contributed by atoms with E-state index in [0.717, 1.165) is 33.5 Å². The minimum atomic E-state index is 0.398. The summed E-state index contributed by atoms with van der Waals surface area (Å²) < 4.78 is 13.1. The third-order valence-electron chi connectivity index (χ3n) is 4.95. The zero-order valence-electron chi connectivity index (χ0n) is 17.9. The SMILES string of the molecule is CNc1ncc(-c2cc(CCOCCOc3cccc(Cl)n3)n(C)n2)c2cc(N)ncc12. The van der Waals surface area contributed by atoms with Crippen molar-refractivity contribution in [3.05, 3.63) is 53.6 Å². The Morgan fingerprint density at radius 2 is 1.97 bits per heavy atom. The van der Waals surface area contributed by atoms with Gasteiger partial charge in [0.15, 0.2) is 0 Å². The fraction of sp³-hybridized carbons (Fsp3) is 0.273. The normalized spacial score (nSPS) is 11.1. The minimum Gasteiger partial charge on any atom is -0.475 e. The first kappa shape index (κ1) is 21.8. The van der Waals surface area contributed by atoms with Crippen molar-refractivity contribution in [2.45, 2.75) is 6.42 Å². The number of fused-ring (bicyclic) bond motifs is 1. The van der Waals surface area contributed by atoms with Crippen LogP contribution in [0.2, 0.25) is 5.15 Å². The van der Waals surface area contributed by atoms with Crippen LogP contribution < -0.4 is 15.8 Å². The number of hydrogen-bond donors (Lipinski definition) is 2. The van der Waals surface area contributed by atoms with Crippen molar-refractivity contribution < 1.29 is 9.47 Å². The predicted octanol–water partition coefficient (Wildman–Crippen LogP) is 3.34. The van der Waals surface area contributed by atoms with Gasteiger partial charge in [0.1, 0.15) is 23.4 Å². The summed E-state index contributed by atoms with van der Waals surface area (Å²) in [5.41, 5.74) is 8.70. The highest BCUT2D eigenvalue weighted by atomic mass is 35.5. The molecule has 4 aromatic rings. The Hall–Kier alpha value is -3.43. The molecular weight excluding hydrogens is 430 g/mol. The predicted molar refractivity (Wildman–Crippen MR) is 125 cm³/mol. The number of rotatable bonds is 9. The van der Waals surface area contributed by atoms with E-state index < -0.39 is 0 Å². The lowest BCUT2D eigenvalue weighted by Crippen LogP contribution is -2.10. The summed E-state index contributed by atoms with van der Waals surface area (Å²) in [6.45, 7) is 1.39. The number of ether oxygens (including phenoxy) is 2. The number of halogens is 1. The van der Waals surface area contributed by atoms with Gasteiger partial charge >= 0.3 is 0 Å². The smallest absolute Gasteiger partial charge is 0.214 e. The molecule has 10 heteroatoms. The van der Waals surface area contributed by atoms with Crippen LogP contribution in [0.15, 0.2) is 42.7 Å². The molecule has 4 heterocycles. The summed E-state index contributed by atoms with van der Waals surface area (Å²) in [4.78, 5) is 12.8. The molecule has 0 saturated heterocycles. The van der Waals surface area contributed by atoms with Gasteiger partial charge < -0.3 is 20.5 Å². The molecule has 0 aliphatic rings. The monoisotopic (exact) mass is 453 g/mol. The first-order valence-corrected chi connectivity index (χ1v) is 10.5. The van der Waals surface area contributed by atoms with Gasteiger partial charge in [0.25, 0.3) is 0 Å². The lowest BCUT2D eigenvalue weighted by atomic mass is 10.1. The van der Waals surface area contributed by atoms with Crippen LogP contribution in [0.4, 0.5) is 11.6 Å². The lowest BCUT2D eigenvalue weighted by Gasteiger charge is -2.08. The number of nitrogens with one attached hydrogen (secondary N) is 1. The Labute approximate surface area is 190 Å². The number of hydrogen-bond acceptors (Lipinski definition) is 8. The molecule has 0 amide bonds. The molecule has 0 aliphatic carbocycles. The van der Waals surface area contributed by atoms with Crippen molar-refractivity contribution in [3.63, 3.8) is 0 Å². The van der Waals surface area contributed by atoms with Crippen molar-refractivity contribution in [1.29, 1.82) is 0 Å². The van der Waals surface area contributed by atoms with Gasteiger partial charge in [0.2, 0.25) is 5.88 Å². The highest BCUT2D eigenvalue weighted by Gasteiger charge is 2.14. The average Bonchev–Trinajstić information content (AvgIpc) is 3.15. The lowest BCUT2D eigenvalue weighted by molar-refractivity contribution is 0.0999. The summed E-state index contributed by atoms with van der Waals surface area (Å²) in [6, 6.07) is 9.14. The number of pyridine rings is 3. The molecule has 4 rings (SSSR count). The summed E-state index contributed by atoms with van der Waals surface area (Å²) in [7, 11) is 3.74. The first-order valence-electron chi connectivity index (χ1n) is 10.1. The van der Waals surface area contributed by atoms with E-state index in [-0.39, 0.29) is 0 Å². The largest absolute Gasteiger partial charge is 0.475 e. The molecule has 9 nitrogen and oxygen atoms in total. The maximum atomic E-state index is 5.93. The second kappa shape index (κ2) is 9.80. The van der Waals surface area contributed by atoms with Gasteiger partial charge in [-0.25, -0.2) is 15.0 Å². The Balaban J connectivity index is 1.39. The topological polar surface area (TPSA) is 113 Å². The molecule has 0 spiro atoms. The van der Waals surface area contributed by atoms with Crippen molar-refractivity contribution in [3.8, 4) is 17.1 Å². The molecular formula is C22H24ClN7O2. The van der Waals surface area contributed by atoms with Crippen LogP contribution in [0, 0.1) is 0 Å². The molecule has 0 radical (unpaired) electrons. The summed E-state index contributed by atoms with van der Waals surface area (Å²) in [5.74, 6) is 1.68. The van der Waals surface area contributed by atoms with Gasteiger partial charge in [-0.2, -0.15) is 5.10 Å². The number of aryl methyl sites for hydroxylation is 1. The Kier molecular flexibility index (Phi) is 6.67. The molecule has 32 heavy (non-hydrogen) atoms. The van der Waals surface area contributed by atoms with Gasteiger partial charge in [-0.3, -0.25) is 4.68 Å². The number of anilines is 2. The van der Waals surface area contributed by atoms with E-state index in [1.165, 1.54) is 0 Å². The van der Waals surface area contributed by atoms with Crippen LogP contribution >= 0.6 is 11.6 Å². The maximum Gasteiger partial charge on any atom is 0.214 e. The van der Waals surface area contributed by atoms with Gasteiger partial charge in [-0.15, -0.1) is 0 Å². The average molecular weight is 454 g/mol. The van der Waals surface area contributed by atoms with Gasteiger partial charge in [0.05, 0.1) is 18.9 Å². The molecule has 3 N–H and O–H groups in total. The molecule has 166 valence electrons. The summed E-state index contributed by atoms with van der Waals surface area (Å²) in [6.07, 6.45) is 4.24.